The van der Waals surface area contributed by atoms with E-state index in [-0.39, 0.29) is 16.2 Å². The number of carbonyl (C=O) groups excluding carboxylic acids is 1. The van der Waals surface area contributed by atoms with Crippen LogP contribution in [0.15, 0.2) is 15.7 Å². The highest BCUT2D eigenvalue weighted by molar-refractivity contribution is 7.92. The minimum atomic E-state index is -3.36. The minimum Gasteiger partial charge on any atom is -0.481 e. The molecule has 0 saturated carbocycles. The van der Waals surface area contributed by atoms with Gasteiger partial charge in [-0.15, -0.1) is 11.3 Å². The molecule has 2 rings (SSSR count). The second-order valence-electron chi connectivity index (χ2n) is 5.34. The summed E-state index contributed by atoms with van der Waals surface area (Å²) >= 11 is 0.970. The lowest BCUT2D eigenvalue weighted by molar-refractivity contribution is -0.139. The normalized spacial score (nSPS) is 17.9. The molecule has 22 heavy (non-hydrogen) atoms. The van der Waals surface area contributed by atoms with Crippen molar-refractivity contribution in [3.63, 3.8) is 0 Å². The van der Waals surface area contributed by atoms with Gasteiger partial charge in [0, 0.05) is 24.8 Å². The number of hydrogen-bond donors (Lipinski definition) is 2. The predicted molar refractivity (Wildman–Crippen MR) is 79.9 cm³/mol. The first-order valence-corrected chi connectivity index (χ1v) is 9.40. The maximum Gasteiger partial charge on any atom is 0.305 e. The summed E-state index contributed by atoms with van der Waals surface area (Å²) in [7, 11) is -3.36. The van der Waals surface area contributed by atoms with Crippen molar-refractivity contribution in [3.05, 3.63) is 17.0 Å². The first kappa shape index (κ1) is 16.9. The van der Waals surface area contributed by atoms with E-state index >= 15 is 0 Å². The molecule has 1 fully saturated rings. The van der Waals surface area contributed by atoms with Gasteiger partial charge >= 0.3 is 5.97 Å². The van der Waals surface area contributed by atoms with E-state index < -0.39 is 27.3 Å². The van der Waals surface area contributed by atoms with Crippen molar-refractivity contribution in [1.29, 1.82) is 0 Å². The topological polar surface area (TPSA) is 110 Å². The molecule has 0 bridgehead atoms. The first-order chi connectivity index (χ1) is 10.2. The molecule has 1 amide bonds. The molecule has 1 aromatic heterocycles. The summed E-state index contributed by atoms with van der Waals surface area (Å²) in [5.74, 6) is -1.46. The molecule has 0 radical (unpaired) electrons. The molecule has 0 spiro atoms. The van der Waals surface area contributed by atoms with Gasteiger partial charge in [0.2, 0.25) is 0 Å². The van der Waals surface area contributed by atoms with Crippen molar-refractivity contribution in [2.75, 3.05) is 19.5 Å². The maximum atomic E-state index is 12.3. The van der Waals surface area contributed by atoms with Crippen molar-refractivity contribution in [2.45, 2.75) is 29.0 Å². The van der Waals surface area contributed by atoms with Gasteiger partial charge in [0.05, 0.1) is 17.5 Å². The highest BCUT2D eigenvalue weighted by Gasteiger charge is 2.36. The van der Waals surface area contributed by atoms with E-state index in [0.717, 1.165) is 17.6 Å². The van der Waals surface area contributed by atoms with E-state index in [1.807, 2.05) is 0 Å². The first-order valence-electron chi connectivity index (χ1n) is 6.62. The van der Waals surface area contributed by atoms with Gasteiger partial charge in [0.25, 0.3) is 5.91 Å². The van der Waals surface area contributed by atoms with Gasteiger partial charge in [-0.05, 0) is 18.9 Å². The van der Waals surface area contributed by atoms with Gasteiger partial charge in [-0.2, -0.15) is 0 Å². The Morgan fingerprint density at radius 2 is 2.05 bits per heavy atom. The lowest BCUT2D eigenvalue weighted by Gasteiger charge is -2.36. The van der Waals surface area contributed by atoms with Crippen molar-refractivity contribution < 1.29 is 27.9 Å². The maximum absolute atomic E-state index is 12.3. The third-order valence-electron chi connectivity index (χ3n) is 3.52. The molecular weight excluding hydrogens is 330 g/mol. The third kappa shape index (κ3) is 4.05. The van der Waals surface area contributed by atoms with E-state index in [1.54, 1.807) is 0 Å². The summed E-state index contributed by atoms with van der Waals surface area (Å²) in [4.78, 5) is 23.4. The molecule has 9 heteroatoms. The van der Waals surface area contributed by atoms with Crippen LogP contribution in [0, 0.1) is 0 Å². The van der Waals surface area contributed by atoms with Gasteiger partial charge in [0.15, 0.2) is 9.84 Å². The van der Waals surface area contributed by atoms with Crippen LogP contribution in [0.5, 0.6) is 0 Å². The van der Waals surface area contributed by atoms with Crippen LogP contribution in [0.2, 0.25) is 0 Å². The smallest absolute Gasteiger partial charge is 0.305 e. The van der Waals surface area contributed by atoms with Crippen LogP contribution in [0.3, 0.4) is 0 Å². The van der Waals surface area contributed by atoms with Gasteiger partial charge in [-0.3, -0.25) is 9.59 Å². The molecule has 2 N–H and O–H groups in total. The summed E-state index contributed by atoms with van der Waals surface area (Å²) in [6.07, 6.45) is 1.71. The molecule has 0 aliphatic carbocycles. The molecule has 0 unspecified atom stereocenters. The van der Waals surface area contributed by atoms with E-state index in [1.165, 1.54) is 11.4 Å². The van der Waals surface area contributed by atoms with Crippen LogP contribution in [0.1, 0.15) is 29.6 Å². The molecule has 1 saturated heterocycles. The van der Waals surface area contributed by atoms with Gasteiger partial charge in [0.1, 0.15) is 4.21 Å². The van der Waals surface area contributed by atoms with Crippen LogP contribution in [0.4, 0.5) is 0 Å². The van der Waals surface area contributed by atoms with E-state index in [2.05, 4.69) is 5.32 Å². The fourth-order valence-corrected chi connectivity index (χ4v) is 4.14. The Balaban J connectivity index is 2.17. The summed E-state index contributed by atoms with van der Waals surface area (Å²) in [6.45, 7) is 0.761. The number of carbonyl (C=O) groups is 2. The molecule has 2 heterocycles. The Labute approximate surface area is 132 Å². The molecule has 7 nitrogen and oxygen atoms in total. The lowest BCUT2D eigenvalue weighted by atomic mass is 9.86. The summed E-state index contributed by atoms with van der Waals surface area (Å²) in [5.41, 5.74) is -0.629. The summed E-state index contributed by atoms with van der Waals surface area (Å²) in [5, 5.41) is 13.3. The minimum absolute atomic E-state index is 0.108. The average Bonchev–Trinajstić information content (AvgIpc) is 2.88. The van der Waals surface area contributed by atoms with Crippen molar-refractivity contribution in [3.8, 4) is 0 Å². The number of ether oxygens (including phenoxy) is 1. The Bertz CT molecular complexity index is 672. The number of hydrogen-bond acceptors (Lipinski definition) is 6. The zero-order valence-electron chi connectivity index (χ0n) is 12.0. The van der Waals surface area contributed by atoms with Crippen LogP contribution in [-0.4, -0.2) is 50.4 Å². The number of rotatable bonds is 5. The monoisotopic (exact) mass is 347 g/mol. The second kappa shape index (κ2) is 6.35. The quantitative estimate of drug-likeness (QED) is 0.819. The number of aliphatic carboxylic acids is 1. The zero-order valence-corrected chi connectivity index (χ0v) is 13.6. The Morgan fingerprint density at radius 3 is 2.55 bits per heavy atom. The van der Waals surface area contributed by atoms with Crippen LogP contribution in [-0.2, 0) is 19.4 Å². The highest BCUT2D eigenvalue weighted by atomic mass is 32.2. The van der Waals surface area contributed by atoms with Gasteiger partial charge in [-0.1, -0.05) is 0 Å². The Morgan fingerprint density at radius 1 is 1.41 bits per heavy atom. The van der Waals surface area contributed by atoms with Crippen molar-refractivity contribution >= 4 is 33.1 Å². The fourth-order valence-electron chi connectivity index (χ4n) is 2.34. The zero-order chi connectivity index (χ0) is 16.4. The number of thiophene rings is 1. The van der Waals surface area contributed by atoms with Crippen molar-refractivity contribution in [1.82, 2.24) is 5.32 Å². The molecule has 0 aromatic carbocycles. The van der Waals surface area contributed by atoms with Crippen LogP contribution in [0.25, 0.3) is 0 Å². The predicted octanol–water partition coefficient (Wildman–Crippen LogP) is 0.905. The average molecular weight is 347 g/mol. The SMILES string of the molecule is CS(=O)(=O)c1cc(C(=O)NC2(CC(=O)O)CCOCC2)cs1. The fraction of sp³-hybridized carbons (Fsp3) is 0.538. The number of carboxylic acids is 1. The number of amides is 1. The number of carboxylic acid groups (broad SMARTS) is 1. The molecular formula is C13H17NO6S2. The largest absolute Gasteiger partial charge is 0.481 e. The lowest BCUT2D eigenvalue weighted by Crippen LogP contribution is -2.53. The molecule has 122 valence electrons. The molecule has 0 atom stereocenters. The molecule has 1 aliphatic rings. The highest BCUT2D eigenvalue weighted by Crippen LogP contribution is 2.26. The second-order valence-corrected chi connectivity index (χ2v) is 8.50. The molecule has 1 aliphatic heterocycles. The molecule has 1 aromatic rings. The summed E-state index contributed by atoms with van der Waals surface area (Å²) < 4.78 is 28.2. The number of sulfone groups is 1. The number of nitrogens with one attached hydrogen (secondary N) is 1. The van der Waals surface area contributed by atoms with E-state index in [0.29, 0.717) is 26.1 Å². The van der Waals surface area contributed by atoms with Crippen molar-refractivity contribution in [2.24, 2.45) is 0 Å². The van der Waals surface area contributed by atoms with E-state index in [9.17, 15) is 18.0 Å². The Hall–Kier alpha value is -1.45. The van der Waals surface area contributed by atoms with Crippen LogP contribution >= 0.6 is 11.3 Å². The van der Waals surface area contributed by atoms with E-state index in [4.69, 9.17) is 9.84 Å². The Kier molecular flexibility index (Phi) is 4.88. The van der Waals surface area contributed by atoms with Gasteiger partial charge < -0.3 is 15.2 Å². The summed E-state index contributed by atoms with van der Waals surface area (Å²) in [6, 6.07) is 1.31. The standard InChI is InChI=1S/C13H17NO6S2/c1-22(18,19)11-6-9(8-21-11)12(17)14-13(7-10(15)16)2-4-20-5-3-13/h6,8H,2-5,7H2,1H3,(H,14,17)(H,15,16). The van der Waals surface area contributed by atoms with Crippen LogP contribution < -0.4 is 5.32 Å². The third-order valence-corrected chi connectivity index (χ3v) is 6.29. The van der Waals surface area contributed by atoms with Gasteiger partial charge in [-0.25, -0.2) is 8.42 Å².